The predicted octanol–water partition coefficient (Wildman–Crippen LogP) is -0.295. The van der Waals surface area contributed by atoms with E-state index in [4.69, 9.17) is 0 Å². The highest BCUT2D eigenvalue weighted by Gasteiger charge is 2.29. The quantitative estimate of drug-likeness (QED) is 0.486. The molecule has 4 N–H and O–H groups in total. The lowest BCUT2D eigenvalue weighted by Crippen LogP contribution is -2.68. The molecule has 1 amide bonds. The van der Waals surface area contributed by atoms with Crippen molar-refractivity contribution in [3.63, 3.8) is 0 Å². The van der Waals surface area contributed by atoms with Gasteiger partial charge in [-0.1, -0.05) is 0 Å². The van der Waals surface area contributed by atoms with E-state index in [1.54, 1.807) is 42.8 Å². The van der Waals surface area contributed by atoms with E-state index in [1.807, 2.05) is 28.4 Å². The number of halogens is 1. The van der Waals surface area contributed by atoms with Gasteiger partial charge in [-0.15, -0.1) is 5.53 Å². The third kappa shape index (κ3) is 4.16. The minimum absolute atomic E-state index is 0.0121. The molecule has 0 aromatic heterocycles. The van der Waals surface area contributed by atoms with E-state index in [9.17, 15) is 14.4 Å². The number of nitriles is 1. The Hall–Kier alpha value is -4.01. The van der Waals surface area contributed by atoms with Gasteiger partial charge in [0.25, 0.3) is 0 Å². The molecular weight excluding hydrogens is 437 g/mol. The molecule has 0 aliphatic carbocycles. The number of hydrogen-bond donors (Lipinski definition) is 4. The van der Waals surface area contributed by atoms with Gasteiger partial charge in [0.1, 0.15) is 23.9 Å². The monoisotopic (exact) mass is 462 g/mol. The minimum atomic E-state index is -0.529. The van der Waals surface area contributed by atoms with Crippen LogP contribution in [0.1, 0.15) is 36.0 Å². The van der Waals surface area contributed by atoms with E-state index in [1.165, 1.54) is 6.07 Å². The number of hydrazine groups is 2. The molecule has 4 aliphatic rings. The minimum Gasteiger partial charge on any atom is -0.311 e. The number of benzene rings is 1. The summed E-state index contributed by atoms with van der Waals surface area (Å²) in [5.41, 5.74) is 8.56. The Bertz CT molecular complexity index is 1190. The maximum absolute atomic E-state index is 13.9. The Morgan fingerprint density at radius 2 is 2.21 bits per heavy atom. The maximum atomic E-state index is 13.9. The average Bonchev–Trinajstić information content (AvgIpc) is 3.39. The van der Waals surface area contributed by atoms with Gasteiger partial charge in [0.15, 0.2) is 6.21 Å². The summed E-state index contributed by atoms with van der Waals surface area (Å²) in [6, 6.07) is 5.29. The van der Waals surface area contributed by atoms with E-state index < -0.39 is 5.82 Å². The van der Waals surface area contributed by atoms with Gasteiger partial charge in [-0.25, -0.2) is 14.9 Å². The van der Waals surface area contributed by atoms with Crippen molar-refractivity contribution in [1.82, 2.24) is 31.2 Å². The van der Waals surface area contributed by atoms with Gasteiger partial charge in [0.2, 0.25) is 11.6 Å². The molecule has 11 heteroatoms. The zero-order valence-electron chi connectivity index (χ0n) is 18.6. The van der Waals surface area contributed by atoms with Crippen LogP contribution < -0.4 is 21.4 Å². The van der Waals surface area contributed by atoms with Crippen LogP contribution in [-0.4, -0.2) is 51.9 Å². The van der Waals surface area contributed by atoms with Crippen LogP contribution >= 0.6 is 0 Å². The standard InChI is InChI=1S/C23H24FN9O/c1-15-19(4-5-21(24)20(15)9-25)22-13-31-6-7-32(12-18(31)11-27-22)23(34)8-16-2-3-17(10-26-16)33-14-28-29-30-33/h4-7,11-14,16-17,26,29-30H,2-3,8,10H2,1H3/p+1. The molecule has 0 radical (unpaired) electrons. The summed E-state index contributed by atoms with van der Waals surface area (Å²) < 4.78 is 13.9. The number of amides is 1. The molecule has 1 aromatic carbocycles. The molecule has 0 saturated carbocycles. The molecule has 1 fully saturated rings. The molecule has 5 rings (SSSR count). The van der Waals surface area contributed by atoms with Crippen LogP contribution in [-0.2, 0) is 4.79 Å². The van der Waals surface area contributed by atoms with Gasteiger partial charge in [-0.2, -0.15) is 10.4 Å². The zero-order chi connectivity index (χ0) is 23.7. The van der Waals surface area contributed by atoms with E-state index in [2.05, 4.69) is 26.5 Å². The Kier molecular flexibility index (Phi) is 5.83. The first kappa shape index (κ1) is 21.8. The normalized spacial score (nSPS) is 23.3. The summed E-state index contributed by atoms with van der Waals surface area (Å²) in [5, 5.41) is 18.6. The van der Waals surface area contributed by atoms with Crippen LogP contribution in [0.4, 0.5) is 4.39 Å². The van der Waals surface area contributed by atoms with E-state index >= 15 is 0 Å². The van der Waals surface area contributed by atoms with Gasteiger partial charge in [-0.05, 0) is 37.5 Å². The SMILES string of the molecule is Cc1c(C2=CN3C=CN(C(=O)CC4CCC(N5C=NNN5)CN4)C=C3C=[NH+]2)ccc(F)c1C#N. The van der Waals surface area contributed by atoms with Crippen LogP contribution in [0.3, 0.4) is 0 Å². The second-order valence-electron chi connectivity index (χ2n) is 8.51. The molecule has 10 nitrogen and oxygen atoms in total. The molecule has 34 heavy (non-hydrogen) atoms. The predicted molar refractivity (Wildman–Crippen MR) is 123 cm³/mol. The number of rotatable bonds is 4. The van der Waals surface area contributed by atoms with Crippen molar-refractivity contribution < 1.29 is 14.2 Å². The lowest BCUT2D eigenvalue weighted by Gasteiger charge is -2.34. The first-order valence-corrected chi connectivity index (χ1v) is 11.1. The van der Waals surface area contributed by atoms with Crippen molar-refractivity contribution in [2.75, 3.05) is 6.54 Å². The molecule has 174 valence electrons. The second-order valence-corrected chi connectivity index (χ2v) is 8.51. The highest BCUT2D eigenvalue weighted by molar-refractivity contribution is 5.84. The zero-order valence-corrected chi connectivity index (χ0v) is 18.6. The van der Waals surface area contributed by atoms with Crippen LogP contribution in [0.25, 0.3) is 5.70 Å². The van der Waals surface area contributed by atoms with Crippen molar-refractivity contribution in [3.05, 3.63) is 65.1 Å². The topological polar surface area (TPSA) is 113 Å². The molecule has 2 unspecified atom stereocenters. The van der Waals surface area contributed by atoms with Crippen LogP contribution in [0.2, 0.25) is 0 Å². The second kappa shape index (κ2) is 9.09. The van der Waals surface area contributed by atoms with Crippen molar-refractivity contribution in [2.45, 2.75) is 38.3 Å². The molecule has 1 aromatic rings. The summed E-state index contributed by atoms with van der Waals surface area (Å²) >= 11 is 0. The highest BCUT2D eigenvalue weighted by atomic mass is 19.1. The fraction of sp³-hybridized carbons (Fsp3) is 0.304. The highest BCUT2D eigenvalue weighted by Crippen LogP contribution is 2.24. The summed E-state index contributed by atoms with van der Waals surface area (Å²) in [6.45, 7) is 2.50. The Morgan fingerprint density at radius 3 is 2.94 bits per heavy atom. The van der Waals surface area contributed by atoms with E-state index in [0.29, 0.717) is 12.0 Å². The number of piperidine rings is 1. The number of hydrogen-bond acceptors (Lipinski definition) is 8. The van der Waals surface area contributed by atoms with Crippen molar-refractivity contribution in [3.8, 4) is 6.07 Å². The Morgan fingerprint density at radius 1 is 1.32 bits per heavy atom. The van der Waals surface area contributed by atoms with Gasteiger partial charge >= 0.3 is 0 Å². The fourth-order valence-corrected chi connectivity index (χ4v) is 4.47. The van der Waals surface area contributed by atoms with Crippen molar-refractivity contribution >= 4 is 24.2 Å². The van der Waals surface area contributed by atoms with Gasteiger partial charge in [0.05, 0.1) is 23.4 Å². The molecule has 2 atom stereocenters. The van der Waals surface area contributed by atoms with E-state index in [0.717, 1.165) is 36.3 Å². The largest absolute Gasteiger partial charge is 0.311 e. The fourth-order valence-electron chi connectivity index (χ4n) is 4.47. The lowest BCUT2D eigenvalue weighted by molar-refractivity contribution is -0.340. The van der Waals surface area contributed by atoms with Crippen LogP contribution in [0.5, 0.6) is 0 Å². The van der Waals surface area contributed by atoms with Crippen LogP contribution in [0.15, 0.2) is 47.7 Å². The third-order valence-corrected chi connectivity index (χ3v) is 6.44. The summed E-state index contributed by atoms with van der Waals surface area (Å²) in [7, 11) is 0. The third-order valence-electron chi connectivity index (χ3n) is 6.44. The molecule has 0 spiro atoms. The van der Waals surface area contributed by atoms with Gasteiger partial charge in [-0.3, -0.25) is 14.7 Å². The van der Waals surface area contributed by atoms with Crippen molar-refractivity contribution in [1.29, 1.82) is 5.26 Å². The van der Waals surface area contributed by atoms with Gasteiger partial charge < -0.3 is 10.2 Å². The molecular formula is C23H25FN9O+. The van der Waals surface area contributed by atoms with Crippen LogP contribution in [0, 0.1) is 24.1 Å². The molecule has 1 saturated heterocycles. The lowest BCUT2D eigenvalue weighted by atomic mass is 9.98. The van der Waals surface area contributed by atoms with Gasteiger partial charge in [0, 0.05) is 37.6 Å². The summed E-state index contributed by atoms with van der Waals surface area (Å²) in [5.74, 6) is -0.517. The molecule has 4 aliphatic heterocycles. The molecule has 4 heterocycles. The Balaban J connectivity index is 1.21. The number of fused-ring (bicyclic) bond motifs is 1. The van der Waals surface area contributed by atoms with E-state index in [-0.39, 0.29) is 23.6 Å². The number of allylic oxidation sites excluding steroid dienone is 1. The number of hydrazone groups is 1. The maximum Gasteiger partial charge on any atom is 0.232 e. The molecule has 0 bridgehead atoms. The first-order valence-electron chi connectivity index (χ1n) is 11.1. The number of carbonyl (C=O) groups excluding carboxylic acids is 1. The average molecular weight is 463 g/mol. The number of nitrogens with zero attached hydrogens (tertiary/aromatic N) is 5. The Labute approximate surface area is 196 Å². The summed E-state index contributed by atoms with van der Waals surface area (Å²) in [4.78, 5) is 19.6. The first-order chi connectivity index (χ1) is 16.5. The smallest absolute Gasteiger partial charge is 0.232 e. The number of carbonyl (C=O) groups is 1. The summed E-state index contributed by atoms with van der Waals surface area (Å²) in [6.07, 6.45) is 13.0. The van der Waals surface area contributed by atoms with Crippen molar-refractivity contribution in [2.24, 2.45) is 5.10 Å². The number of nitrogens with one attached hydrogen (secondary N) is 4.